The van der Waals surface area contributed by atoms with Crippen LogP contribution in [-0.4, -0.2) is 51.6 Å². The lowest BCUT2D eigenvalue weighted by Crippen LogP contribution is -2.56. The Morgan fingerprint density at radius 2 is 2.14 bits per heavy atom. The van der Waals surface area contributed by atoms with Crippen LogP contribution >= 0.6 is 0 Å². The fourth-order valence-electron chi connectivity index (χ4n) is 2.83. The summed E-state index contributed by atoms with van der Waals surface area (Å²) in [6, 6.07) is 4.70. The van der Waals surface area contributed by atoms with Gasteiger partial charge in [-0.25, -0.2) is 23.4 Å². The number of nitrogens with zero attached hydrogens (tertiary/aromatic N) is 2. The molecule has 10 heteroatoms. The molecule has 1 saturated heterocycles. The van der Waals surface area contributed by atoms with Gasteiger partial charge < -0.3 is 25.3 Å². The number of hydrogen-bond acceptors (Lipinski definition) is 4. The standard InChI is InChI=1S/C18H23F2N5O3/c1-17(2,3)28-16(27)21-7-14-23-12-5-4-11(6-13(12)24-14)8-25-10-18(19,20)9-22-15(25)26/h4-6H,7-10H2,1-3H3,(H,21,27)(H,22,26)(H,23,24). The van der Waals surface area contributed by atoms with Crippen molar-refractivity contribution in [3.8, 4) is 0 Å². The number of hydrogen-bond donors (Lipinski definition) is 3. The zero-order valence-electron chi connectivity index (χ0n) is 15.9. The van der Waals surface area contributed by atoms with Gasteiger partial charge in [-0.15, -0.1) is 0 Å². The number of alkyl halides is 2. The van der Waals surface area contributed by atoms with Gasteiger partial charge in [-0.05, 0) is 38.5 Å². The molecule has 1 aliphatic heterocycles. The van der Waals surface area contributed by atoms with E-state index in [4.69, 9.17) is 4.74 Å². The van der Waals surface area contributed by atoms with Gasteiger partial charge in [-0.3, -0.25) is 0 Å². The molecule has 0 bridgehead atoms. The van der Waals surface area contributed by atoms with Gasteiger partial charge in [0.25, 0.3) is 5.92 Å². The van der Waals surface area contributed by atoms with Crippen molar-refractivity contribution < 1.29 is 23.1 Å². The number of amides is 3. The van der Waals surface area contributed by atoms with E-state index in [1.54, 1.807) is 39.0 Å². The molecule has 8 nitrogen and oxygen atoms in total. The summed E-state index contributed by atoms with van der Waals surface area (Å²) >= 11 is 0. The number of rotatable bonds is 4. The van der Waals surface area contributed by atoms with E-state index in [2.05, 4.69) is 20.6 Å². The van der Waals surface area contributed by atoms with Crippen LogP contribution in [0.1, 0.15) is 32.2 Å². The Kier molecular flexibility index (Phi) is 5.14. The number of halogens is 2. The monoisotopic (exact) mass is 395 g/mol. The van der Waals surface area contributed by atoms with E-state index in [1.807, 2.05) is 0 Å². The van der Waals surface area contributed by atoms with E-state index >= 15 is 0 Å². The van der Waals surface area contributed by atoms with Gasteiger partial charge in [-0.2, -0.15) is 0 Å². The maximum atomic E-state index is 13.5. The third kappa shape index (κ3) is 5.08. The summed E-state index contributed by atoms with van der Waals surface area (Å²) in [7, 11) is 0. The van der Waals surface area contributed by atoms with Crippen LogP contribution in [0.25, 0.3) is 11.0 Å². The minimum atomic E-state index is -2.95. The summed E-state index contributed by atoms with van der Waals surface area (Å²) in [4.78, 5) is 32.1. The molecule has 152 valence electrons. The first kappa shape index (κ1) is 19.8. The van der Waals surface area contributed by atoms with Crippen molar-refractivity contribution in [2.75, 3.05) is 13.1 Å². The number of H-pyrrole nitrogens is 1. The number of alkyl carbamates (subject to hydrolysis) is 1. The minimum Gasteiger partial charge on any atom is -0.444 e. The number of carbonyl (C=O) groups excluding carboxylic acids is 2. The van der Waals surface area contributed by atoms with Crippen LogP contribution < -0.4 is 10.6 Å². The molecular weight excluding hydrogens is 372 g/mol. The van der Waals surface area contributed by atoms with E-state index in [1.165, 1.54) is 0 Å². The van der Waals surface area contributed by atoms with Crippen molar-refractivity contribution in [2.24, 2.45) is 0 Å². The summed E-state index contributed by atoms with van der Waals surface area (Å²) in [5.74, 6) is -2.42. The molecule has 0 atom stereocenters. The molecule has 2 heterocycles. The van der Waals surface area contributed by atoms with Crippen molar-refractivity contribution in [2.45, 2.75) is 45.4 Å². The van der Waals surface area contributed by atoms with E-state index in [0.717, 1.165) is 4.90 Å². The fourth-order valence-corrected chi connectivity index (χ4v) is 2.83. The number of fused-ring (bicyclic) bond motifs is 1. The second-order valence-electron chi connectivity index (χ2n) is 7.76. The first-order chi connectivity index (χ1) is 13.0. The second-order valence-corrected chi connectivity index (χ2v) is 7.76. The number of nitrogens with one attached hydrogen (secondary N) is 3. The van der Waals surface area contributed by atoms with Gasteiger partial charge in [0.2, 0.25) is 0 Å². The van der Waals surface area contributed by atoms with Crippen LogP contribution in [0.3, 0.4) is 0 Å². The molecule has 1 aliphatic rings. The van der Waals surface area contributed by atoms with Crippen LogP contribution in [0.4, 0.5) is 18.4 Å². The molecule has 28 heavy (non-hydrogen) atoms. The summed E-state index contributed by atoms with van der Waals surface area (Å²) in [5.41, 5.74) is 1.45. The van der Waals surface area contributed by atoms with Crippen molar-refractivity contribution in [3.63, 3.8) is 0 Å². The lowest BCUT2D eigenvalue weighted by atomic mass is 10.1. The summed E-state index contributed by atoms with van der Waals surface area (Å²) in [6.07, 6.45) is -0.550. The van der Waals surface area contributed by atoms with E-state index in [9.17, 15) is 18.4 Å². The fraction of sp³-hybridized carbons (Fsp3) is 0.500. The van der Waals surface area contributed by atoms with E-state index in [0.29, 0.717) is 22.4 Å². The zero-order chi connectivity index (χ0) is 20.5. The molecule has 0 unspecified atom stereocenters. The highest BCUT2D eigenvalue weighted by Gasteiger charge is 2.38. The molecular formula is C18H23F2N5O3. The smallest absolute Gasteiger partial charge is 0.408 e. The number of urea groups is 1. The molecule has 1 aromatic carbocycles. The molecule has 2 aromatic rings. The highest BCUT2D eigenvalue weighted by Crippen LogP contribution is 2.21. The highest BCUT2D eigenvalue weighted by molar-refractivity contribution is 5.77. The average molecular weight is 395 g/mol. The molecule has 3 amide bonds. The van der Waals surface area contributed by atoms with E-state index < -0.39 is 36.7 Å². The summed E-state index contributed by atoms with van der Waals surface area (Å²) < 4.78 is 32.2. The Bertz CT molecular complexity index is 891. The van der Waals surface area contributed by atoms with Crippen LogP contribution in [0.15, 0.2) is 18.2 Å². The molecule has 0 spiro atoms. The number of aromatic amines is 1. The maximum absolute atomic E-state index is 13.5. The van der Waals surface area contributed by atoms with Gasteiger partial charge in [-0.1, -0.05) is 6.07 Å². The lowest BCUT2D eigenvalue weighted by molar-refractivity contribution is -0.0367. The third-order valence-corrected chi connectivity index (χ3v) is 3.98. The average Bonchev–Trinajstić information content (AvgIpc) is 2.97. The first-order valence-electron chi connectivity index (χ1n) is 8.86. The molecule has 1 fully saturated rings. The van der Waals surface area contributed by atoms with Gasteiger partial charge in [0.15, 0.2) is 0 Å². The third-order valence-electron chi connectivity index (χ3n) is 3.98. The second kappa shape index (κ2) is 7.25. The number of carbonyl (C=O) groups is 2. The van der Waals surface area contributed by atoms with E-state index in [-0.39, 0.29) is 13.1 Å². The first-order valence-corrected chi connectivity index (χ1v) is 8.86. The number of ether oxygens (including phenoxy) is 1. The molecule has 3 N–H and O–H groups in total. The predicted octanol–water partition coefficient (Wildman–Crippen LogP) is 2.75. The van der Waals surface area contributed by atoms with Gasteiger partial charge in [0.1, 0.15) is 11.4 Å². The Morgan fingerprint density at radius 3 is 2.86 bits per heavy atom. The van der Waals surface area contributed by atoms with Gasteiger partial charge >= 0.3 is 12.1 Å². The van der Waals surface area contributed by atoms with Gasteiger partial charge in [0, 0.05) is 6.54 Å². The molecule has 1 aromatic heterocycles. The minimum absolute atomic E-state index is 0.0574. The largest absolute Gasteiger partial charge is 0.444 e. The lowest BCUT2D eigenvalue weighted by Gasteiger charge is -2.32. The van der Waals surface area contributed by atoms with Crippen molar-refractivity contribution in [3.05, 3.63) is 29.6 Å². The van der Waals surface area contributed by atoms with Crippen molar-refractivity contribution in [1.29, 1.82) is 0 Å². The summed E-state index contributed by atoms with van der Waals surface area (Å²) in [5, 5.41) is 4.80. The summed E-state index contributed by atoms with van der Waals surface area (Å²) in [6.45, 7) is 4.26. The number of imidazole rings is 1. The highest BCUT2D eigenvalue weighted by atomic mass is 19.3. The Morgan fingerprint density at radius 1 is 1.39 bits per heavy atom. The van der Waals surface area contributed by atoms with Crippen LogP contribution in [-0.2, 0) is 17.8 Å². The Labute approximate surface area is 160 Å². The number of benzene rings is 1. The quantitative estimate of drug-likeness (QED) is 0.741. The Hall–Kier alpha value is -2.91. The van der Waals surface area contributed by atoms with Crippen molar-refractivity contribution in [1.82, 2.24) is 25.5 Å². The zero-order valence-corrected chi connectivity index (χ0v) is 15.9. The van der Waals surface area contributed by atoms with Crippen LogP contribution in [0.5, 0.6) is 0 Å². The molecule has 0 aliphatic carbocycles. The Balaban J connectivity index is 1.66. The van der Waals surface area contributed by atoms with Crippen molar-refractivity contribution >= 4 is 23.2 Å². The SMILES string of the molecule is CC(C)(C)OC(=O)NCc1nc2ccc(CN3CC(F)(F)CNC3=O)cc2[nH]1. The predicted molar refractivity (Wildman–Crippen MR) is 97.9 cm³/mol. The topological polar surface area (TPSA) is 99.3 Å². The molecule has 3 rings (SSSR count). The van der Waals surface area contributed by atoms with Crippen LogP contribution in [0.2, 0.25) is 0 Å². The molecule has 0 saturated carbocycles. The normalized spacial score (nSPS) is 16.8. The van der Waals surface area contributed by atoms with Crippen LogP contribution in [0, 0.1) is 0 Å². The maximum Gasteiger partial charge on any atom is 0.408 e. The molecule has 0 radical (unpaired) electrons. The number of aromatic nitrogens is 2. The van der Waals surface area contributed by atoms with Gasteiger partial charge in [0.05, 0.1) is 30.7 Å².